The minimum absolute atomic E-state index is 0.0462. The van der Waals surface area contributed by atoms with E-state index in [4.69, 9.17) is 4.74 Å². The fourth-order valence-corrected chi connectivity index (χ4v) is 8.57. The lowest BCUT2D eigenvalue weighted by molar-refractivity contribution is -0.436. The molecule has 1 spiro atoms. The molecule has 4 nitrogen and oxygen atoms in total. The third-order valence-electron chi connectivity index (χ3n) is 9.64. The van der Waals surface area contributed by atoms with Crippen LogP contribution in [0.15, 0.2) is 0 Å². The zero-order valence-corrected chi connectivity index (χ0v) is 15.8. The third-order valence-corrected chi connectivity index (χ3v) is 9.64. The van der Waals surface area contributed by atoms with E-state index in [0.29, 0.717) is 24.7 Å². The smallest absolute Gasteiger partial charge is 0.166 e. The van der Waals surface area contributed by atoms with Crippen LogP contribution < -0.4 is 0 Å². The van der Waals surface area contributed by atoms with E-state index in [1.165, 1.54) is 0 Å². The van der Waals surface area contributed by atoms with Gasteiger partial charge in [0.25, 0.3) is 0 Å². The molecule has 4 heteroatoms. The van der Waals surface area contributed by atoms with E-state index in [2.05, 4.69) is 13.8 Å². The van der Waals surface area contributed by atoms with Gasteiger partial charge in [-0.15, -0.1) is 0 Å². The van der Waals surface area contributed by atoms with Crippen LogP contribution in [-0.4, -0.2) is 33.5 Å². The highest BCUT2D eigenvalue weighted by atomic mass is 16.7. The van der Waals surface area contributed by atoms with Gasteiger partial charge in [0.15, 0.2) is 5.79 Å². The number of Topliss-reactive ketones (excluding diaryl/α,β-unsaturated/α-hetero) is 1. The first-order valence-corrected chi connectivity index (χ1v) is 10.3. The Morgan fingerprint density at radius 2 is 1.76 bits per heavy atom. The molecular weight excluding hydrogens is 316 g/mol. The number of rotatable bonds is 1. The van der Waals surface area contributed by atoms with Crippen molar-refractivity contribution in [3.8, 4) is 0 Å². The van der Waals surface area contributed by atoms with Gasteiger partial charge in [-0.2, -0.15) is 0 Å². The summed E-state index contributed by atoms with van der Waals surface area (Å²) < 4.78 is 6.52. The van der Waals surface area contributed by atoms with Gasteiger partial charge < -0.3 is 14.9 Å². The number of ether oxygens (including phenoxy) is 1. The average Bonchev–Trinajstić information content (AvgIpc) is 2.85. The fraction of sp³-hybridized carbons (Fsp3) is 0.952. The molecule has 0 aromatic heterocycles. The lowest BCUT2D eigenvalue weighted by Crippen LogP contribution is -2.78. The van der Waals surface area contributed by atoms with E-state index < -0.39 is 17.5 Å². The molecule has 4 saturated carbocycles. The van der Waals surface area contributed by atoms with Gasteiger partial charge in [-0.05, 0) is 68.6 Å². The molecule has 0 unspecified atom stereocenters. The van der Waals surface area contributed by atoms with Crippen molar-refractivity contribution < 1.29 is 19.7 Å². The SMILES string of the molecule is CC(=O)[C@@H]1CC[C@H]2[C@@H]3CC[C@@H]4C[C@@]5(O)CC[C@]4(C)[C@@]3(O5)[C@@H](O)C[C@@]12C. The molecule has 9 atom stereocenters. The summed E-state index contributed by atoms with van der Waals surface area (Å²) in [6.45, 7) is 6.26. The van der Waals surface area contributed by atoms with Crippen molar-refractivity contribution >= 4 is 5.78 Å². The second-order valence-electron chi connectivity index (χ2n) is 10.4. The zero-order chi connectivity index (χ0) is 17.8. The summed E-state index contributed by atoms with van der Waals surface area (Å²) >= 11 is 0. The normalized spacial score (nSPS) is 62.4. The maximum Gasteiger partial charge on any atom is 0.166 e. The number of fused-ring (bicyclic) bond motifs is 3. The van der Waals surface area contributed by atoms with Crippen LogP contribution in [0.2, 0.25) is 0 Å². The number of carbonyl (C=O) groups is 1. The molecule has 0 aromatic rings. The lowest BCUT2D eigenvalue weighted by atomic mass is 9.39. The number of aliphatic hydroxyl groups excluding tert-OH is 1. The Kier molecular flexibility index (Phi) is 3.13. The predicted octanol–water partition coefficient (Wildman–Crippen LogP) is 3.05. The van der Waals surface area contributed by atoms with E-state index in [-0.39, 0.29) is 28.4 Å². The molecule has 4 aliphatic carbocycles. The minimum Gasteiger partial charge on any atom is -0.390 e. The Hall–Kier alpha value is -0.450. The van der Waals surface area contributed by atoms with Crippen LogP contribution in [-0.2, 0) is 9.53 Å². The zero-order valence-electron chi connectivity index (χ0n) is 15.8. The van der Waals surface area contributed by atoms with Crippen molar-refractivity contribution in [2.24, 2.45) is 34.5 Å². The maximum atomic E-state index is 12.3. The van der Waals surface area contributed by atoms with Crippen LogP contribution in [0.5, 0.6) is 0 Å². The number of hydrogen-bond acceptors (Lipinski definition) is 4. The van der Waals surface area contributed by atoms with Crippen molar-refractivity contribution in [2.75, 3.05) is 0 Å². The van der Waals surface area contributed by atoms with Gasteiger partial charge in [-0.25, -0.2) is 0 Å². The van der Waals surface area contributed by atoms with E-state index >= 15 is 0 Å². The molecule has 0 radical (unpaired) electrons. The minimum atomic E-state index is -1.05. The van der Waals surface area contributed by atoms with Crippen LogP contribution >= 0.6 is 0 Å². The van der Waals surface area contributed by atoms with Gasteiger partial charge in [0.2, 0.25) is 0 Å². The monoisotopic (exact) mass is 348 g/mol. The molecule has 4 bridgehead atoms. The Bertz CT molecular complexity index is 633. The number of ketones is 1. The maximum absolute atomic E-state index is 12.3. The molecule has 6 rings (SSSR count). The van der Waals surface area contributed by atoms with Crippen molar-refractivity contribution in [3.63, 3.8) is 0 Å². The molecule has 6 fully saturated rings. The number of aliphatic hydroxyl groups is 2. The standard InChI is InChI=1S/C21H32O4/c1-12(22)14-6-7-15-16-5-4-13-10-20(24)9-8-19(13,3)21(16,25-20)17(23)11-18(14,15)2/h13-17,23-24H,4-11H2,1-3H3/t13-,14+,15+,16+,17+,18+,19+,20-,21+/m1/s1. The summed E-state index contributed by atoms with van der Waals surface area (Å²) in [5, 5.41) is 22.5. The summed E-state index contributed by atoms with van der Waals surface area (Å²) in [7, 11) is 0. The Morgan fingerprint density at radius 3 is 2.48 bits per heavy atom. The van der Waals surface area contributed by atoms with Crippen LogP contribution in [0.25, 0.3) is 0 Å². The summed E-state index contributed by atoms with van der Waals surface area (Å²) in [6.07, 6.45) is 6.61. The topological polar surface area (TPSA) is 66.8 Å². The molecule has 2 N–H and O–H groups in total. The summed E-state index contributed by atoms with van der Waals surface area (Å²) in [5.41, 5.74) is -0.778. The summed E-state index contributed by atoms with van der Waals surface area (Å²) in [6, 6.07) is 0. The second-order valence-corrected chi connectivity index (χ2v) is 10.4. The molecule has 25 heavy (non-hydrogen) atoms. The van der Waals surface area contributed by atoms with Crippen molar-refractivity contribution in [1.29, 1.82) is 0 Å². The van der Waals surface area contributed by atoms with Crippen LogP contribution in [0.1, 0.15) is 72.1 Å². The fourth-order valence-electron chi connectivity index (χ4n) is 8.57. The van der Waals surface area contributed by atoms with Crippen LogP contribution in [0.3, 0.4) is 0 Å². The van der Waals surface area contributed by atoms with Gasteiger partial charge in [-0.3, -0.25) is 4.79 Å². The van der Waals surface area contributed by atoms with E-state index in [0.717, 1.165) is 38.5 Å². The molecule has 2 aliphatic heterocycles. The number of hydrogen-bond donors (Lipinski definition) is 2. The summed E-state index contributed by atoms with van der Waals surface area (Å²) in [4.78, 5) is 12.3. The van der Waals surface area contributed by atoms with E-state index in [1.807, 2.05) is 0 Å². The van der Waals surface area contributed by atoms with Crippen molar-refractivity contribution in [3.05, 3.63) is 0 Å². The van der Waals surface area contributed by atoms with Gasteiger partial charge in [0, 0.05) is 24.2 Å². The molecular formula is C21H32O4. The van der Waals surface area contributed by atoms with E-state index in [9.17, 15) is 15.0 Å². The van der Waals surface area contributed by atoms with Crippen LogP contribution in [0.4, 0.5) is 0 Å². The Morgan fingerprint density at radius 1 is 1.04 bits per heavy atom. The van der Waals surface area contributed by atoms with E-state index in [1.54, 1.807) is 6.92 Å². The number of carbonyl (C=O) groups excluding carboxylic acids is 1. The first-order chi connectivity index (χ1) is 11.7. The van der Waals surface area contributed by atoms with Crippen molar-refractivity contribution in [1.82, 2.24) is 0 Å². The second kappa shape index (κ2) is 4.69. The molecule has 140 valence electrons. The first kappa shape index (κ1) is 16.7. The summed E-state index contributed by atoms with van der Waals surface area (Å²) in [5.74, 6) is 0.426. The highest BCUT2D eigenvalue weighted by Gasteiger charge is 2.76. The largest absolute Gasteiger partial charge is 0.390 e. The van der Waals surface area contributed by atoms with Gasteiger partial charge in [0.1, 0.15) is 11.4 Å². The molecule has 0 aromatic carbocycles. The first-order valence-electron chi connectivity index (χ1n) is 10.3. The third kappa shape index (κ3) is 1.73. The Labute approximate surface area is 150 Å². The quantitative estimate of drug-likeness (QED) is 0.764. The highest BCUT2D eigenvalue weighted by Crippen LogP contribution is 2.74. The molecule has 6 aliphatic rings. The highest BCUT2D eigenvalue weighted by molar-refractivity contribution is 5.79. The van der Waals surface area contributed by atoms with Gasteiger partial charge in [-0.1, -0.05) is 13.8 Å². The molecule has 2 heterocycles. The molecule has 2 saturated heterocycles. The Balaban J connectivity index is 1.63. The predicted molar refractivity (Wildman–Crippen MR) is 92.6 cm³/mol. The molecule has 0 amide bonds. The van der Waals surface area contributed by atoms with Crippen molar-refractivity contribution in [2.45, 2.75) is 89.6 Å². The lowest BCUT2D eigenvalue weighted by Gasteiger charge is -2.74. The average molecular weight is 348 g/mol. The van der Waals surface area contributed by atoms with Crippen LogP contribution in [0, 0.1) is 34.5 Å². The van der Waals surface area contributed by atoms with Gasteiger partial charge in [0.05, 0.1) is 6.10 Å². The van der Waals surface area contributed by atoms with Gasteiger partial charge >= 0.3 is 0 Å².